The van der Waals surface area contributed by atoms with Crippen molar-refractivity contribution in [3.63, 3.8) is 0 Å². The summed E-state index contributed by atoms with van der Waals surface area (Å²) in [6.45, 7) is 3.23. The van der Waals surface area contributed by atoms with E-state index in [0.29, 0.717) is 41.9 Å². The molecule has 0 aliphatic rings. The fourth-order valence-corrected chi connectivity index (χ4v) is 2.88. The standard InChI is InChI=1S/C21H21ClN2O3/c1-2-26-20-11-10-17(13-19(20)22)23-21(25)24(15-18-9-6-12-27-18)14-16-7-4-3-5-8-16/h3-13H,2,14-15H2,1H3,(H,23,25). The molecule has 1 heterocycles. The predicted molar refractivity (Wildman–Crippen MR) is 106 cm³/mol. The van der Waals surface area contributed by atoms with Gasteiger partial charge in [-0.15, -0.1) is 0 Å². The minimum absolute atomic E-state index is 0.240. The highest BCUT2D eigenvalue weighted by molar-refractivity contribution is 6.32. The molecule has 0 aliphatic carbocycles. The zero-order valence-corrected chi connectivity index (χ0v) is 15.8. The Hall–Kier alpha value is -2.92. The SMILES string of the molecule is CCOc1ccc(NC(=O)N(Cc2ccccc2)Cc2ccco2)cc1Cl. The summed E-state index contributed by atoms with van der Waals surface area (Å²) in [5, 5.41) is 3.34. The highest BCUT2D eigenvalue weighted by atomic mass is 35.5. The first kappa shape index (κ1) is 18.9. The van der Waals surface area contributed by atoms with Gasteiger partial charge in [0, 0.05) is 12.2 Å². The number of furan rings is 1. The van der Waals surface area contributed by atoms with E-state index in [-0.39, 0.29) is 6.03 Å². The number of anilines is 1. The van der Waals surface area contributed by atoms with E-state index in [1.54, 1.807) is 35.4 Å². The predicted octanol–water partition coefficient (Wildman–Crippen LogP) is 5.57. The molecular formula is C21H21ClN2O3. The molecule has 0 radical (unpaired) electrons. The Morgan fingerprint density at radius 2 is 1.93 bits per heavy atom. The zero-order chi connectivity index (χ0) is 19.1. The minimum Gasteiger partial charge on any atom is -0.492 e. The largest absolute Gasteiger partial charge is 0.492 e. The van der Waals surface area contributed by atoms with E-state index < -0.39 is 0 Å². The van der Waals surface area contributed by atoms with Gasteiger partial charge >= 0.3 is 6.03 Å². The molecular weight excluding hydrogens is 364 g/mol. The van der Waals surface area contributed by atoms with Crippen LogP contribution in [-0.2, 0) is 13.1 Å². The molecule has 0 unspecified atom stereocenters. The monoisotopic (exact) mass is 384 g/mol. The summed E-state index contributed by atoms with van der Waals surface area (Å²) < 4.78 is 10.8. The van der Waals surface area contributed by atoms with Gasteiger partial charge in [-0.2, -0.15) is 0 Å². The van der Waals surface area contributed by atoms with Crippen LogP contribution >= 0.6 is 11.6 Å². The van der Waals surface area contributed by atoms with Gasteiger partial charge < -0.3 is 19.4 Å². The lowest BCUT2D eigenvalue weighted by atomic mass is 10.2. The first-order valence-electron chi connectivity index (χ1n) is 8.70. The lowest BCUT2D eigenvalue weighted by Gasteiger charge is -2.22. The van der Waals surface area contributed by atoms with Crippen LogP contribution in [0.4, 0.5) is 10.5 Å². The van der Waals surface area contributed by atoms with Crippen molar-refractivity contribution < 1.29 is 13.9 Å². The Morgan fingerprint density at radius 3 is 2.59 bits per heavy atom. The molecule has 6 heteroatoms. The van der Waals surface area contributed by atoms with Crippen LogP contribution in [0, 0.1) is 0 Å². The number of halogens is 1. The number of hydrogen-bond acceptors (Lipinski definition) is 3. The van der Waals surface area contributed by atoms with Gasteiger partial charge in [0.1, 0.15) is 11.5 Å². The number of ether oxygens (including phenoxy) is 1. The molecule has 0 fully saturated rings. The van der Waals surface area contributed by atoms with Gasteiger partial charge in [-0.25, -0.2) is 4.79 Å². The number of amides is 2. The molecule has 5 nitrogen and oxygen atoms in total. The number of rotatable bonds is 7. The van der Waals surface area contributed by atoms with E-state index in [9.17, 15) is 4.79 Å². The topological polar surface area (TPSA) is 54.7 Å². The summed E-state index contributed by atoms with van der Waals surface area (Å²) in [6.07, 6.45) is 1.60. The van der Waals surface area contributed by atoms with Crippen LogP contribution < -0.4 is 10.1 Å². The van der Waals surface area contributed by atoms with Crippen LogP contribution in [0.5, 0.6) is 5.75 Å². The van der Waals surface area contributed by atoms with Gasteiger partial charge in [0.2, 0.25) is 0 Å². The Balaban J connectivity index is 1.74. The fourth-order valence-electron chi connectivity index (χ4n) is 2.65. The van der Waals surface area contributed by atoms with E-state index in [1.807, 2.05) is 43.3 Å². The van der Waals surface area contributed by atoms with Crippen molar-refractivity contribution in [2.24, 2.45) is 0 Å². The summed E-state index contributed by atoms with van der Waals surface area (Å²) in [4.78, 5) is 14.5. The van der Waals surface area contributed by atoms with Crippen LogP contribution in [0.25, 0.3) is 0 Å². The van der Waals surface area contributed by atoms with Gasteiger partial charge in [-0.1, -0.05) is 41.9 Å². The Morgan fingerprint density at radius 1 is 1.11 bits per heavy atom. The molecule has 1 N–H and O–H groups in total. The number of urea groups is 1. The van der Waals surface area contributed by atoms with Gasteiger partial charge in [0.25, 0.3) is 0 Å². The summed E-state index contributed by atoms with van der Waals surface area (Å²) in [6, 6.07) is 18.4. The molecule has 0 saturated heterocycles. The maximum atomic E-state index is 12.9. The van der Waals surface area contributed by atoms with Crippen molar-refractivity contribution >= 4 is 23.3 Å². The Labute approximate surface area is 163 Å². The van der Waals surface area contributed by atoms with E-state index >= 15 is 0 Å². The van der Waals surface area contributed by atoms with E-state index in [0.717, 1.165) is 5.56 Å². The average molecular weight is 385 g/mol. The van der Waals surface area contributed by atoms with Crippen molar-refractivity contribution in [3.05, 3.63) is 83.3 Å². The lowest BCUT2D eigenvalue weighted by molar-refractivity contribution is 0.201. The van der Waals surface area contributed by atoms with Crippen molar-refractivity contribution in [1.29, 1.82) is 0 Å². The first-order valence-corrected chi connectivity index (χ1v) is 9.08. The van der Waals surface area contributed by atoms with Crippen LogP contribution in [-0.4, -0.2) is 17.5 Å². The van der Waals surface area contributed by atoms with Crippen molar-refractivity contribution in [2.75, 3.05) is 11.9 Å². The smallest absolute Gasteiger partial charge is 0.322 e. The maximum absolute atomic E-state index is 12.9. The van der Waals surface area contributed by atoms with E-state index in [2.05, 4.69) is 5.32 Å². The Bertz CT molecular complexity index is 866. The third-order valence-corrected chi connectivity index (χ3v) is 4.21. The number of carbonyl (C=O) groups is 1. The second-order valence-electron chi connectivity index (χ2n) is 5.93. The summed E-state index contributed by atoms with van der Waals surface area (Å²) in [7, 11) is 0. The van der Waals surface area contributed by atoms with Gasteiger partial charge in [0.05, 0.1) is 24.4 Å². The first-order chi connectivity index (χ1) is 13.2. The normalized spacial score (nSPS) is 10.4. The second-order valence-corrected chi connectivity index (χ2v) is 6.34. The summed E-state index contributed by atoms with van der Waals surface area (Å²) in [5.41, 5.74) is 1.63. The van der Waals surface area contributed by atoms with Crippen LogP contribution in [0.1, 0.15) is 18.2 Å². The molecule has 27 heavy (non-hydrogen) atoms. The number of nitrogens with one attached hydrogen (secondary N) is 1. The molecule has 1 aromatic heterocycles. The quantitative estimate of drug-likeness (QED) is 0.579. The lowest BCUT2D eigenvalue weighted by Crippen LogP contribution is -2.34. The highest BCUT2D eigenvalue weighted by Gasteiger charge is 2.17. The molecule has 0 atom stereocenters. The molecule has 3 rings (SSSR count). The summed E-state index contributed by atoms with van der Waals surface area (Å²) in [5.74, 6) is 1.31. The molecule has 0 aliphatic heterocycles. The number of benzene rings is 2. The van der Waals surface area contributed by atoms with Crippen molar-refractivity contribution in [2.45, 2.75) is 20.0 Å². The molecule has 0 saturated carbocycles. The molecule has 0 bridgehead atoms. The zero-order valence-electron chi connectivity index (χ0n) is 15.0. The number of hydrogen-bond donors (Lipinski definition) is 1. The van der Waals surface area contributed by atoms with E-state index in [1.165, 1.54) is 0 Å². The van der Waals surface area contributed by atoms with E-state index in [4.69, 9.17) is 20.8 Å². The molecule has 3 aromatic rings. The third kappa shape index (κ3) is 5.28. The molecule has 2 aromatic carbocycles. The van der Waals surface area contributed by atoms with Crippen LogP contribution in [0.15, 0.2) is 71.3 Å². The van der Waals surface area contributed by atoms with Gasteiger partial charge in [-0.05, 0) is 42.8 Å². The molecule has 0 spiro atoms. The average Bonchev–Trinajstić information content (AvgIpc) is 3.17. The number of carbonyl (C=O) groups excluding carboxylic acids is 1. The van der Waals surface area contributed by atoms with Gasteiger partial charge in [0.15, 0.2) is 0 Å². The fraction of sp³-hybridized carbons (Fsp3) is 0.190. The highest BCUT2D eigenvalue weighted by Crippen LogP contribution is 2.28. The number of nitrogens with zero attached hydrogens (tertiary/aromatic N) is 1. The van der Waals surface area contributed by atoms with Crippen LogP contribution in [0.3, 0.4) is 0 Å². The van der Waals surface area contributed by atoms with Gasteiger partial charge in [-0.3, -0.25) is 0 Å². The third-order valence-electron chi connectivity index (χ3n) is 3.91. The van der Waals surface area contributed by atoms with Crippen molar-refractivity contribution in [1.82, 2.24) is 4.90 Å². The molecule has 2 amide bonds. The second kappa shape index (κ2) is 9.14. The summed E-state index contributed by atoms with van der Waals surface area (Å²) >= 11 is 6.21. The van der Waals surface area contributed by atoms with Crippen LogP contribution in [0.2, 0.25) is 5.02 Å². The molecule has 140 valence electrons. The van der Waals surface area contributed by atoms with Crippen molar-refractivity contribution in [3.8, 4) is 5.75 Å². The minimum atomic E-state index is -0.240. The maximum Gasteiger partial charge on any atom is 0.322 e. The Kier molecular flexibility index (Phi) is 6.39.